The standard InChI is InChI=1S/C26H50O4/c1-4-5-6-7-8-9-10-11-12-13-14-15-16-17-18-19-20-21-22-23-25(26(28)29-3)30-24(2)27/h25H,4-23H2,1-3H3/t25-/m1/s1. The van der Waals surface area contributed by atoms with Crippen LogP contribution < -0.4 is 0 Å². The monoisotopic (exact) mass is 426 g/mol. The van der Waals surface area contributed by atoms with Crippen molar-refractivity contribution in [2.45, 2.75) is 148 Å². The van der Waals surface area contributed by atoms with Gasteiger partial charge in [-0.05, 0) is 12.8 Å². The number of ether oxygens (including phenoxy) is 2. The normalized spacial score (nSPS) is 12.0. The second-order valence-electron chi connectivity index (χ2n) is 8.77. The smallest absolute Gasteiger partial charge is 0.347 e. The largest absolute Gasteiger partial charge is 0.466 e. The van der Waals surface area contributed by atoms with Crippen LogP contribution in [0, 0.1) is 0 Å². The van der Waals surface area contributed by atoms with Gasteiger partial charge in [0, 0.05) is 6.92 Å². The van der Waals surface area contributed by atoms with Gasteiger partial charge in [-0.1, -0.05) is 122 Å². The summed E-state index contributed by atoms with van der Waals surface area (Å²) in [7, 11) is 1.33. The maximum Gasteiger partial charge on any atom is 0.347 e. The van der Waals surface area contributed by atoms with E-state index in [4.69, 9.17) is 4.74 Å². The van der Waals surface area contributed by atoms with E-state index < -0.39 is 18.0 Å². The quantitative estimate of drug-likeness (QED) is 0.130. The van der Waals surface area contributed by atoms with E-state index in [0.717, 1.165) is 12.8 Å². The lowest BCUT2D eigenvalue weighted by Crippen LogP contribution is -2.27. The average molecular weight is 427 g/mol. The van der Waals surface area contributed by atoms with E-state index in [-0.39, 0.29) is 0 Å². The molecule has 0 saturated heterocycles. The number of esters is 2. The summed E-state index contributed by atoms with van der Waals surface area (Å²) < 4.78 is 9.71. The van der Waals surface area contributed by atoms with Crippen molar-refractivity contribution in [3.05, 3.63) is 0 Å². The highest BCUT2D eigenvalue weighted by molar-refractivity contribution is 5.78. The molecule has 0 rings (SSSR count). The number of methoxy groups -OCH3 is 1. The van der Waals surface area contributed by atoms with Gasteiger partial charge in [-0.3, -0.25) is 4.79 Å². The van der Waals surface area contributed by atoms with Gasteiger partial charge in [-0.15, -0.1) is 0 Å². The summed E-state index contributed by atoms with van der Waals surface area (Å²) in [4.78, 5) is 22.6. The number of carbonyl (C=O) groups excluding carboxylic acids is 2. The van der Waals surface area contributed by atoms with Gasteiger partial charge >= 0.3 is 11.9 Å². The predicted octanol–water partition coefficient (Wildman–Crippen LogP) is 7.91. The van der Waals surface area contributed by atoms with Gasteiger partial charge in [0.15, 0.2) is 6.10 Å². The van der Waals surface area contributed by atoms with Crippen LogP contribution >= 0.6 is 0 Å². The number of rotatable bonds is 22. The van der Waals surface area contributed by atoms with E-state index in [1.54, 1.807) is 0 Å². The molecule has 0 aliphatic rings. The van der Waals surface area contributed by atoms with Crippen molar-refractivity contribution >= 4 is 11.9 Å². The molecule has 0 saturated carbocycles. The van der Waals surface area contributed by atoms with E-state index in [1.165, 1.54) is 123 Å². The number of carbonyl (C=O) groups is 2. The molecule has 0 N–H and O–H groups in total. The molecule has 1 atom stereocenters. The van der Waals surface area contributed by atoms with Crippen LogP contribution in [0.4, 0.5) is 0 Å². The highest BCUT2D eigenvalue weighted by Gasteiger charge is 2.21. The summed E-state index contributed by atoms with van der Waals surface area (Å²) in [5, 5.41) is 0. The molecule has 0 radical (unpaired) electrons. The Balaban J connectivity index is 3.29. The third-order valence-electron chi connectivity index (χ3n) is 5.84. The molecule has 0 aliphatic heterocycles. The minimum absolute atomic E-state index is 0.428. The summed E-state index contributed by atoms with van der Waals surface area (Å²) in [5.74, 6) is -0.879. The summed E-state index contributed by atoms with van der Waals surface area (Å²) in [5.41, 5.74) is 0. The molecule has 0 aromatic heterocycles. The lowest BCUT2D eigenvalue weighted by atomic mass is 10.0. The number of unbranched alkanes of at least 4 members (excludes halogenated alkanes) is 18. The van der Waals surface area contributed by atoms with Crippen LogP contribution in [-0.4, -0.2) is 25.2 Å². The summed E-state index contributed by atoms with van der Waals surface area (Å²) >= 11 is 0. The Labute approximate surface area is 186 Å². The zero-order valence-electron chi connectivity index (χ0n) is 20.4. The van der Waals surface area contributed by atoms with Crippen molar-refractivity contribution in [3.63, 3.8) is 0 Å². The predicted molar refractivity (Wildman–Crippen MR) is 126 cm³/mol. The Bertz CT molecular complexity index is 394. The van der Waals surface area contributed by atoms with E-state index in [2.05, 4.69) is 11.7 Å². The highest BCUT2D eigenvalue weighted by Crippen LogP contribution is 2.15. The molecule has 0 unspecified atom stereocenters. The molecule has 0 amide bonds. The van der Waals surface area contributed by atoms with E-state index in [1.807, 2.05) is 0 Å². The molecule has 0 bridgehead atoms. The first-order valence-electron chi connectivity index (χ1n) is 12.9. The molecule has 0 fully saturated rings. The number of hydrogen-bond donors (Lipinski definition) is 0. The van der Waals surface area contributed by atoms with Crippen molar-refractivity contribution in [1.82, 2.24) is 0 Å². The fraction of sp³-hybridized carbons (Fsp3) is 0.923. The van der Waals surface area contributed by atoms with E-state index >= 15 is 0 Å². The molecule has 0 heterocycles. The SMILES string of the molecule is CCCCCCCCCCCCCCCCCCCCC[C@@H](OC(C)=O)C(=O)OC. The molecule has 0 aromatic rings. The van der Waals surface area contributed by atoms with Crippen molar-refractivity contribution in [2.24, 2.45) is 0 Å². The van der Waals surface area contributed by atoms with Crippen molar-refractivity contribution in [2.75, 3.05) is 7.11 Å². The van der Waals surface area contributed by atoms with Gasteiger partial charge in [0.2, 0.25) is 0 Å². The summed E-state index contributed by atoms with van der Waals surface area (Å²) in [6, 6.07) is 0. The maximum atomic E-state index is 11.6. The van der Waals surface area contributed by atoms with Gasteiger partial charge in [-0.25, -0.2) is 4.79 Å². The van der Waals surface area contributed by atoms with E-state index in [0.29, 0.717) is 6.42 Å². The zero-order valence-corrected chi connectivity index (χ0v) is 20.4. The third-order valence-corrected chi connectivity index (χ3v) is 5.84. The Kier molecular flexibility index (Phi) is 21.8. The first-order chi connectivity index (χ1) is 14.6. The fourth-order valence-electron chi connectivity index (χ4n) is 3.96. The summed E-state index contributed by atoms with van der Waals surface area (Å²) in [6.07, 6.45) is 25.3. The van der Waals surface area contributed by atoms with Crippen LogP contribution in [0.5, 0.6) is 0 Å². The minimum atomic E-state index is -0.738. The first kappa shape index (κ1) is 28.9. The van der Waals surface area contributed by atoms with Gasteiger partial charge in [0.25, 0.3) is 0 Å². The zero-order chi connectivity index (χ0) is 22.3. The van der Waals surface area contributed by atoms with Gasteiger partial charge < -0.3 is 9.47 Å². The van der Waals surface area contributed by atoms with Crippen LogP contribution in [0.15, 0.2) is 0 Å². The van der Waals surface area contributed by atoms with Crippen LogP contribution in [0.3, 0.4) is 0 Å². The van der Waals surface area contributed by atoms with Crippen LogP contribution in [0.2, 0.25) is 0 Å². The molecule has 178 valence electrons. The van der Waals surface area contributed by atoms with Gasteiger partial charge in [0.1, 0.15) is 0 Å². The van der Waals surface area contributed by atoms with Gasteiger partial charge in [-0.2, -0.15) is 0 Å². The second-order valence-corrected chi connectivity index (χ2v) is 8.77. The van der Waals surface area contributed by atoms with Crippen LogP contribution in [-0.2, 0) is 19.1 Å². The molecular weight excluding hydrogens is 376 g/mol. The molecular formula is C26H50O4. The van der Waals surface area contributed by atoms with Crippen molar-refractivity contribution < 1.29 is 19.1 Å². The summed E-state index contributed by atoms with van der Waals surface area (Å²) in [6.45, 7) is 3.61. The van der Waals surface area contributed by atoms with Gasteiger partial charge in [0.05, 0.1) is 7.11 Å². The van der Waals surface area contributed by atoms with Crippen molar-refractivity contribution in [1.29, 1.82) is 0 Å². The molecule has 0 aromatic carbocycles. The maximum absolute atomic E-state index is 11.6. The lowest BCUT2D eigenvalue weighted by molar-refractivity contribution is -0.165. The topological polar surface area (TPSA) is 52.6 Å². The molecule has 4 heteroatoms. The highest BCUT2D eigenvalue weighted by atomic mass is 16.6. The molecule has 0 spiro atoms. The van der Waals surface area contributed by atoms with E-state index in [9.17, 15) is 9.59 Å². The van der Waals surface area contributed by atoms with Crippen molar-refractivity contribution in [3.8, 4) is 0 Å². The average Bonchev–Trinajstić information content (AvgIpc) is 2.73. The van der Waals surface area contributed by atoms with Crippen LogP contribution in [0.25, 0.3) is 0 Å². The Morgan fingerprint density at radius 3 is 1.23 bits per heavy atom. The third kappa shape index (κ3) is 20.2. The first-order valence-corrected chi connectivity index (χ1v) is 12.9. The fourth-order valence-corrected chi connectivity index (χ4v) is 3.96. The lowest BCUT2D eigenvalue weighted by Gasteiger charge is -2.14. The minimum Gasteiger partial charge on any atom is -0.466 e. The number of hydrogen-bond acceptors (Lipinski definition) is 4. The molecule has 0 aliphatic carbocycles. The Morgan fingerprint density at radius 2 is 0.933 bits per heavy atom. The molecule has 4 nitrogen and oxygen atoms in total. The van der Waals surface area contributed by atoms with Crippen LogP contribution in [0.1, 0.15) is 142 Å². The Hall–Kier alpha value is -1.06. The molecule has 30 heavy (non-hydrogen) atoms. The Morgan fingerprint density at radius 1 is 0.600 bits per heavy atom. The second kappa shape index (κ2) is 22.6.